The average molecular weight is 301 g/mol. The summed E-state index contributed by atoms with van der Waals surface area (Å²) in [7, 11) is 0. The van der Waals surface area contributed by atoms with Gasteiger partial charge in [-0.2, -0.15) is 0 Å². The molecule has 108 valence electrons. The maximum absolute atomic E-state index is 4.15. The van der Waals surface area contributed by atoms with E-state index in [0.29, 0.717) is 0 Å². The molecule has 0 saturated heterocycles. The predicted octanol–water partition coefficient (Wildman–Crippen LogP) is 2.73. The molecule has 3 aromatic rings. The molecule has 0 radical (unpaired) electrons. The van der Waals surface area contributed by atoms with E-state index < -0.39 is 0 Å². The van der Waals surface area contributed by atoms with Gasteiger partial charge in [0.25, 0.3) is 0 Å². The minimum atomic E-state index is 0. The number of fused-ring (bicyclic) bond motifs is 3. The normalized spacial score (nSPS) is 14.3. The molecule has 2 aromatic heterocycles. The van der Waals surface area contributed by atoms with Crippen molar-refractivity contribution in [2.45, 2.75) is 12.8 Å². The van der Waals surface area contributed by atoms with E-state index in [-0.39, 0.29) is 12.4 Å². The minimum Gasteiger partial charge on any atom is -0.358 e. The largest absolute Gasteiger partial charge is 0.358 e. The van der Waals surface area contributed by atoms with Crippen molar-refractivity contribution in [3.63, 3.8) is 0 Å². The van der Waals surface area contributed by atoms with Crippen molar-refractivity contribution >= 4 is 23.3 Å². The Bertz CT molecular complexity index is 752. The van der Waals surface area contributed by atoms with Crippen LogP contribution >= 0.6 is 12.4 Å². The zero-order valence-corrected chi connectivity index (χ0v) is 12.4. The summed E-state index contributed by atoms with van der Waals surface area (Å²) in [5, 5.41) is 4.79. The molecule has 2 N–H and O–H groups in total. The van der Waals surface area contributed by atoms with Crippen LogP contribution in [0.5, 0.6) is 0 Å². The van der Waals surface area contributed by atoms with Crippen LogP contribution in [-0.2, 0) is 12.8 Å². The lowest BCUT2D eigenvalue weighted by atomic mass is 9.98. The van der Waals surface area contributed by atoms with Crippen LogP contribution in [0.25, 0.3) is 22.0 Å². The molecule has 0 atom stereocenters. The first-order valence-corrected chi connectivity index (χ1v) is 7.02. The van der Waals surface area contributed by atoms with E-state index in [0.717, 1.165) is 31.5 Å². The Morgan fingerprint density at radius 1 is 1.00 bits per heavy atom. The standard InChI is InChI=1S/C16H16N4.ClH/c1-2-12(11-8-18-10-19-9-11)16-13-4-6-17-7-5-14(13)20-15(16)3-1;/h1-3,8-10,17,20H,4-7H2;1H. The summed E-state index contributed by atoms with van der Waals surface area (Å²) in [6, 6.07) is 6.41. The first kappa shape index (κ1) is 14.0. The lowest BCUT2D eigenvalue weighted by Gasteiger charge is -2.05. The summed E-state index contributed by atoms with van der Waals surface area (Å²) in [6.07, 6.45) is 7.48. The number of aromatic nitrogens is 3. The fraction of sp³-hybridized carbons (Fsp3) is 0.250. The molecule has 1 aliphatic heterocycles. The third-order valence-corrected chi connectivity index (χ3v) is 3.99. The molecule has 0 saturated carbocycles. The Morgan fingerprint density at radius 2 is 1.81 bits per heavy atom. The number of H-pyrrole nitrogens is 1. The summed E-state index contributed by atoms with van der Waals surface area (Å²) in [4.78, 5) is 11.9. The summed E-state index contributed by atoms with van der Waals surface area (Å²) in [5.41, 5.74) is 6.34. The van der Waals surface area contributed by atoms with Crippen molar-refractivity contribution in [3.05, 3.63) is 48.2 Å². The molecule has 0 unspecified atom stereocenters. The number of hydrogen-bond donors (Lipinski definition) is 2. The van der Waals surface area contributed by atoms with Crippen LogP contribution in [0.4, 0.5) is 0 Å². The van der Waals surface area contributed by atoms with Gasteiger partial charge in [0.2, 0.25) is 0 Å². The van der Waals surface area contributed by atoms with Gasteiger partial charge in [-0.05, 0) is 30.2 Å². The van der Waals surface area contributed by atoms with Crippen LogP contribution in [0, 0.1) is 0 Å². The highest BCUT2D eigenvalue weighted by Gasteiger charge is 2.17. The van der Waals surface area contributed by atoms with Crippen LogP contribution < -0.4 is 5.32 Å². The topological polar surface area (TPSA) is 53.6 Å². The van der Waals surface area contributed by atoms with E-state index in [4.69, 9.17) is 0 Å². The predicted molar refractivity (Wildman–Crippen MR) is 86.9 cm³/mol. The van der Waals surface area contributed by atoms with E-state index >= 15 is 0 Å². The molecule has 21 heavy (non-hydrogen) atoms. The third-order valence-electron chi connectivity index (χ3n) is 3.99. The van der Waals surface area contributed by atoms with Crippen molar-refractivity contribution in [3.8, 4) is 11.1 Å². The minimum absolute atomic E-state index is 0. The molecule has 0 bridgehead atoms. The maximum atomic E-state index is 4.15. The van der Waals surface area contributed by atoms with Gasteiger partial charge in [0.1, 0.15) is 6.33 Å². The molecule has 0 aliphatic carbocycles. The van der Waals surface area contributed by atoms with Crippen LogP contribution in [0.15, 0.2) is 36.9 Å². The molecule has 1 aliphatic rings. The highest BCUT2D eigenvalue weighted by atomic mass is 35.5. The van der Waals surface area contributed by atoms with Crippen LogP contribution in [0.1, 0.15) is 11.3 Å². The quantitative estimate of drug-likeness (QED) is 0.726. The number of benzene rings is 1. The van der Waals surface area contributed by atoms with E-state index in [1.807, 2.05) is 12.4 Å². The molecule has 0 spiro atoms. The number of rotatable bonds is 1. The van der Waals surface area contributed by atoms with Gasteiger partial charge in [-0.3, -0.25) is 0 Å². The number of halogens is 1. The van der Waals surface area contributed by atoms with Crippen molar-refractivity contribution < 1.29 is 0 Å². The average Bonchev–Trinajstić information content (AvgIpc) is 2.70. The van der Waals surface area contributed by atoms with Crippen LogP contribution in [0.2, 0.25) is 0 Å². The second kappa shape index (κ2) is 5.84. The van der Waals surface area contributed by atoms with Gasteiger partial charge in [0, 0.05) is 47.5 Å². The van der Waals surface area contributed by atoms with Gasteiger partial charge >= 0.3 is 0 Å². The Kier molecular flexibility index (Phi) is 3.90. The maximum Gasteiger partial charge on any atom is 0.115 e. The number of aromatic amines is 1. The van der Waals surface area contributed by atoms with E-state index in [9.17, 15) is 0 Å². The fourth-order valence-corrected chi connectivity index (χ4v) is 3.09. The fourth-order valence-electron chi connectivity index (χ4n) is 3.09. The highest BCUT2D eigenvalue weighted by molar-refractivity contribution is 5.98. The zero-order valence-electron chi connectivity index (χ0n) is 11.6. The molecule has 1 aromatic carbocycles. The smallest absolute Gasteiger partial charge is 0.115 e. The summed E-state index contributed by atoms with van der Waals surface area (Å²) >= 11 is 0. The SMILES string of the molecule is Cl.c1cc(-c2cncnc2)c2c3c([nH]c2c1)CCNCC3. The second-order valence-electron chi connectivity index (χ2n) is 5.19. The lowest BCUT2D eigenvalue weighted by molar-refractivity contribution is 0.708. The number of nitrogens with one attached hydrogen (secondary N) is 2. The van der Waals surface area contributed by atoms with Gasteiger partial charge < -0.3 is 10.3 Å². The van der Waals surface area contributed by atoms with Crippen molar-refractivity contribution in [2.24, 2.45) is 0 Å². The first-order valence-electron chi connectivity index (χ1n) is 7.02. The van der Waals surface area contributed by atoms with E-state index in [1.54, 1.807) is 6.33 Å². The van der Waals surface area contributed by atoms with E-state index in [1.165, 1.54) is 27.7 Å². The van der Waals surface area contributed by atoms with Gasteiger partial charge in [0.15, 0.2) is 0 Å². The van der Waals surface area contributed by atoms with Gasteiger partial charge in [-0.15, -0.1) is 12.4 Å². The monoisotopic (exact) mass is 300 g/mol. The molecule has 5 heteroatoms. The molecular weight excluding hydrogens is 284 g/mol. The van der Waals surface area contributed by atoms with Crippen molar-refractivity contribution in [1.29, 1.82) is 0 Å². The third kappa shape index (κ3) is 2.41. The van der Waals surface area contributed by atoms with Gasteiger partial charge in [0.05, 0.1) is 0 Å². The summed E-state index contributed by atoms with van der Waals surface area (Å²) in [6.45, 7) is 2.09. The zero-order chi connectivity index (χ0) is 13.4. The molecular formula is C16H17ClN4. The molecule has 3 heterocycles. The first-order chi connectivity index (χ1) is 9.93. The molecule has 4 nitrogen and oxygen atoms in total. The highest BCUT2D eigenvalue weighted by Crippen LogP contribution is 2.33. The van der Waals surface area contributed by atoms with E-state index in [2.05, 4.69) is 38.5 Å². The number of hydrogen-bond acceptors (Lipinski definition) is 3. The Morgan fingerprint density at radius 3 is 2.67 bits per heavy atom. The Hall–Kier alpha value is -1.91. The second-order valence-corrected chi connectivity index (χ2v) is 5.19. The summed E-state index contributed by atoms with van der Waals surface area (Å²) in [5.74, 6) is 0. The van der Waals surface area contributed by atoms with Gasteiger partial charge in [-0.25, -0.2) is 9.97 Å². The molecule has 0 fully saturated rings. The van der Waals surface area contributed by atoms with Crippen LogP contribution in [0.3, 0.4) is 0 Å². The van der Waals surface area contributed by atoms with Crippen LogP contribution in [-0.4, -0.2) is 28.0 Å². The Balaban J connectivity index is 0.00000132. The van der Waals surface area contributed by atoms with Gasteiger partial charge in [-0.1, -0.05) is 12.1 Å². The lowest BCUT2D eigenvalue weighted by Crippen LogP contribution is -2.16. The summed E-state index contributed by atoms with van der Waals surface area (Å²) < 4.78 is 0. The van der Waals surface area contributed by atoms with Crippen molar-refractivity contribution in [1.82, 2.24) is 20.3 Å². The number of nitrogens with zero attached hydrogens (tertiary/aromatic N) is 2. The molecule has 0 amide bonds. The molecule has 4 rings (SSSR count). The Labute approximate surface area is 129 Å². The van der Waals surface area contributed by atoms with Crippen molar-refractivity contribution in [2.75, 3.05) is 13.1 Å².